The summed E-state index contributed by atoms with van der Waals surface area (Å²) in [6.45, 7) is 4.76. The Bertz CT molecular complexity index is 535. The Kier molecular flexibility index (Phi) is 6.48. The van der Waals surface area contributed by atoms with Gasteiger partial charge < -0.3 is 16.4 Å². The van der Waals surface area contributed by atoms with Crippen molar-refractivity contribution in [3.8, 4) is 0 Å². The highest BCUT2D eigenvalue weighted by molar-refractivity contribution is 7.80. The molecule has 116 valence electrons. The van der Waals surface area contributed by atoms with Crippen LogP contribution in [0, 0.1) is 17.6 Å². The third-order valence-corrected chi connectivity index (χ3v) is 2.94. The van der Waals surface area contributed by atoms with Crippen molar-refractivity contribution in [2.24, 2.45) is 11.7 Å². The van der Waals surface area contributed by atoms with Gasteiger partial charge in [0.25, 0.3) is 0 Å². The van der Waals surface area contributed by atoms with Gasteiger partial charge >= 0.3 is 0 Å². The molecule has 0 fully saturated rings. The molecule has 0 aromatic heterocycles. The molecule has 4 N–H and O–H groups in total. The molecule has 0 aliphatic heterocycles. The van der Waals surface area contributed by atoms with Crippen molar-refractivity contribution in [2.45, 2.75) is 20.3 Å². The van der Waals surface area contributed by atoms with E-state index in [1.54, 1.807) is 0 Å². The maximum atomic E-state index is 13.7. The quantitative estimate of drug-likeness (QED) is 0.675. The van der Waals surface area contributed by atoms with Gasteiger partial charge in [0.2, 0.25) is 5.91 Å². The minimum atomic E-state index is -1.09. The minimum absolute atomic E-state index is 0.0239. The lowest BCUT2D eigenvalue weighted by atomic mass is 10.1. The third kappa shape index (κ3) is 5.26. The predicted molar refractivity (Wildman–Crippen MR) is 83.2 cm³/mol. The summed E-state index contributed by atoms with van der Waals surface area (Å²) in [4.78, 5) is 11.3. The lowest BCUT2D eigenvalue weighted by Crippen LogP contribution is -2.28. The number of nitrogens with one attached hydrogen (secondary N) is 2. The molecular weight excluding hydrogens is 296 g/mol. The van der Waals surface area contributed by atoms with E-state index in [9.17, 15) is 13.6 Å². The zero-order chi connectivity index (χ0) is 16.0. The molecule has 4 nitrogen and oxygen atoms in total. The van der Waals surface area contributed by atoms with Crippen LogP contribution in [0.5, 0.6) is 0 Å². The molecule has 0 unspecified atom stereocenters. The molecule has 7 heteroatoms. The van der Waals surface area contributed by atoms with E-state index < -0.39 is 11.6 Å². The highest BCUT2D eigenvalue weighted by Gasteiger charge is 2.14. The number of hydrogen-bond acceptors (Lipinski definition) is 3. The van der Waals surface area contributed by atoms with E-state index in [-0.39, 0.29) is 35.1 Å². The monoisotopic (exact) mass is 315 g/mol. The molecule has 0 radical (unpaired) electrons. The van der Waals surface area contributed by atoms with Crippen LogP contribution < -0.4 is 16.4 Å². The largest absolute Gasteiger partial charge is 0.389 e. The summed E-state index contributed by atoms with van der Waals surface area (Å²) in [6.07, 6.45) is 0.171. The normalized spacial score (nSPS) is 10.5. The Morgan fingerprint density at radius 1 is 1.33 bits per heavy atom. The van der Waals surface area contributed by atoms with E-state index in [0.29, 0.717) is 12.5 Å². The van der Waals surface area contributed by atoms with Crippen molar-refractivity contribution in [3.63, 3.8) is 0 Å². The molecule has 0 spiro atoms. The number of carbonyl (C=O) groups is 1. The van der Waals surface area contributed by atoms with E-state index in [1.807, 2.05) is 13.8 Å². The summed E-state index contributed by atoms with van der Waals surface area (Å²) >= 11 is 4.62. The summed E-state index contributed by atoms with van der Waals surface area (Å²) in [7, 11) is 0. The molecule has 0 atom stereocenters. The molecule has 1 aromatic rings. The second-order valence-electron chi connectivity index (χ2n) is 5.03. The summed E-state index contributed by atoms with van der Waals surface area (Å²) in [6, 6.07) is 2.65. The van der Waals surface area contributed by atoms with Crippen LogP contribution in [0.1, 0.15) is 25.8 Å². The van der Waals surface area contributed by atoms with E-state index >= 15 is 0 Å². The van der Waals surface area contributed by atoms with E-state index in [2.05, 4.69) is 22.9 Å². The number of nitrogens with two attached hydrogens (primary N) is 1. The Morgan fingerprint density at radius 2 is 2.00 bits per heavy atom. The van der Waals surface area contributed by atoms with Gasteiger partial charge in [0.15, 0.2) is 11.6 Å². The van der Waals surface area contributed by atoms with Gasteiger partial charge in [0, 0.05) is 25.1 Å². The van der Waals surface area contributed by atoms with Gasteiger partial charge in [-0.3, -0.25) is 4.79 Å². The van der Waals surface area contributed by atoms with Crippen molar-refractivity contribution < 1.29 is 13.6 Å². The number of amides is 1. The number of benzene rings is 1. The Labute approximate surface area is 128 Å². The average molecular weight is 315 g/mol. The first-order valence-corrected chi connectivity index (χ1v) is 7.02. The molecule has 0 heterocycles. The summed E-state index contributed by atoms with van der Waals surface area (Å²) < 4.78 is 27.4. The number of anilines is 1. The zero-order valence-corrected chi connectivity index (χ0v) is 12.8. The van der Waals surface area contributed by atoms with E-state index in [0.717, 1.165) is 0 Å². The van der Waals surface area contributed by atoms with Crippen LogP contribution in [0.15, 0.2) is 12.1 Å². The van der Waals surface area contributed by atoms with Crippen molar-refractivity contribution in [1.82, 2.24) is 5.32 Å². The molecule has 0 bridgehead atoms. The van der Waals surface area contributed by atoms with Crippen molar-refractivity contribution in [1.29, 1.82) is 0 Å². The zero-order valence-electron chi connectivity index (χ0n) is 12.0. The molecule has 1 aromatic carbocycles. The SMILES string of the molecule is CC(C)CNC(=O)CCNc1ccc(C(N)=S)c(F)c1F. The molecule has 21 heavy (non-hydrogen) atoms. The van der Waals surface area contributed by atoms with Gasteiger partial charge in [-0.15, -0.1) is 0 Å². The molecule has 0 saturated carbocycles. The van der Waals surface area contributed by atoms with Crippen LogP contribution in [-0.2, 0) is 4.79 Å². The molecule has 0 aliphatic rings. The van der Waals surface area contributed by atoms with Crippen molar-refractivity contribution in [2.75, 3.05) is 18.4 Å². The van der Waals surface area contributed by atoms with Crippen LogP contribution in [0.2, 0.25) is 0 Å². The van der Waals surface area contributed by atoms with Crippen LogP contribution in [0.3, 0.4) is 0 Å². The number of rotatable bonds is 7. The lowest BCUT2D eigenvalue weighted by molar-refractivity contribution is -0.120. The smallest absolute Gasteiger partial charge is 0.221 e. The van der Waals surface area contributed by atoms with Gasteiger partial charge in [0.1, 0.15) is 4.99 Å². The molecule has 0 aliphatic carbocycles. The van der Waals surface area contributed by atoms with Crippen LogP contribution in [0.25, 0.3) is 0 Å². The Balaban J connectivity index is 2.55. The van der Waals surface area contributed by atoms with Gasteiger partial charge in [-0.2, -0.15) is 0 Å². The van der Waals surface area contributed by atoms with Crippen molar-refractivity contribution in [3.05, 3.63) is 29.3 Å². The van der Waals surface area contributed by atoms with Crippen LogP contribution in [0.4, 0.5) is 14.5 Å². The summed E-state index contributed by atoms with van der Waals surface area (Å²) in [5, 5.41) is 5.42. The predicted octanol–water partition coefficient (Wildman–Crippen LogP) is 2.17. The maximum absolute atomic E-state index is 13.7. The Morgan fingerprint density at radius 3 is 2.57 bits per heavy atom. The minimum Gasteiger partial charge on any atom is -0.389 e. The number of hydrogen-bond donors (Lipinski definition) is 3. The first-order valence-electron chi connectivity index (χ1n) is 6.61. The van der Waals surface area contributed by atoms with Gasteiger partial charge in [0.05, 0.1) is 5.69 Å². The second kappa shape index (κ2) is 7.87. The topological polar surface area (TPSA) is 67.2 Å². The standard InChI is InChI=1S/C14H19F2N3OS/c1-8(2)7-19-11(20)5-6-18-10-4-3-9(14(17)21)12(15)13(10)16/h3-4,8,18H,5-7H2,1-2H3,(H2,17,21)(H,19,20). The van der Waals surface area contributed by atoms with Crippen LogP contribution >= 0.6 is 12.2 Å². The van der Waals surface area contributed by atoms with Gasteiger partial charge in [-0.25, -0.2) is 8.78 Å². The fourth-order valence-corrected chi connectivity index (χ4v) is 1.75. The lowest BCUT2D eigenvalue weighted by Gasteiger charge is -2.11. The molecular formula is C14H19F2N3OS. The maximum Gasteiger partial charge on any atom is 0.221 e. The van der Waals surface area contributed by atoms with Gasteiger partial charge in [-0.05, 0) is 18.1 Å². The fraction of sp³-hybridized carbons (Fsp3) is 0.429. The average Bonchev–Trinajstić information content (AvgIpc) is 2.41. The number of halogens is 2. The van der Waals surface area contributed by atoms with E-state index in [1.165, 1.54) is 12.1 Å². The second-order valence-corrected chi connectivity index (χ2v) is 5.47. The molecule has 1 amide bonds. The van der Waals surface area contributed by atoms with Gasteiger partial charge in [-0.1, -0.05) is 26.1 Å². The highest BCUT2D eigenvalue weighted by atomic mass is 32.1. The molecule has 0 saturated heterocycles. The van der Waals surface area contributed by atoms with Crippen LogP contribution in [-0.4, -0.2) is 24.0 Å². The first-order chi connectivity index (χ1) is 9.82. The van der Waals surface area contributed by atoms with E-state index in [4.69, 9.17) is 5.73 Å². The summed E-state index contributed by atoms with van der Waals surface area (Å²) in [5.41, 5.74) is 5.12. The third-order valence-electron chi connectivity index (χ3n) is 2.72. The van der Waals surface area contributed by atoms with Crippen molar-refractivity contribution >= 4 is 28.8 Å². The summed E-state index contributed by atoms with van der Waals surface area (Å²) in [5.74, 6) is -1.92. The Hall–Kier alpha value is -1.76. The fourth-order valence-electron chi connectivity index (χ4n) is 1.59. The number of thiocarbonyl (C=S) groups is 1. The first kappa shape index (κ1) is 17.3. The highest BCUT2D eigenvalue weighted by Crippen LogP contribution is 2.20. The number of carbonyl (C=O) groups excluding carboxylic acids is 1. The molecule has 1 rings (SSSR count).